The molecule has 0 aromatic heterocycles. The number of allylic oxidation sites excluding steroid dienone is 1. The number of benzene rings is 5. The molecule has 1 amide bonds. The van der Waals surface area contributed by atoms with Crippen LogP contribution in [0, 0.1) is 16.2 Å². The number of piperazine rings is 1. The van der Waals surface area contributed by atoms with Gasteiger partial charge in [0.1, 0.15) is 4.90 Å². The van der Waals surface area contributed by atoms with Crippen LogP contribution in [0.1, 0.15) is 96.8 Å². The number of nitrogens with zero attached hydrogens (tertiary/aromatic N) is 3. The standard InChI is InChI=1S/C62H78F3N5O6S3Si/c1-58(2,3)80(52-19-13-9-14-20-52,53-21-15-10-16-22-53)76-38-37-68(7)32-30-48(42-77-50-17-11-8-12-18-50)66-55-28-27-51(39-56(55)78(72,73)62(63,64)65)79(74,75)67-57(71)46-23-25-49(26-24-46)70-35-33-69(34-36-70)41-47-29-31-59(4,5)40-54(47)61-43-60(6,44-61)45-61/h8-28,39,48,66H,29-38,40-45H2,1-7H3,(H,67,71)/t48-,60?,61?/m1/s1. The fraction of sp³-hybridized carbons (Fsp3) is 0.468. The Balaban J connectivity index is 0.860. The molecule has 1 heterocycles. The van der Waals surface area contributed by atoms with Crippen molar-refractivity contribution < 1.29 is 39.2 Å². The molecule has 5 aromatic rings. The molecule has 0 radical (unpaired) electrons. The lowest BCUT2D eigenvalue weighted by Crippen LogP contribution is -2.67. The van der Waals surface area contributed by atoms with Gasteiger partial charge in [-0.05, 0) is 145 Å². The van der Waals surface area contributed by atoms with E-state index in [4.69, 9.17) is 4.43 Å². The average molecular weight is 1170 g/mol. The van der Waals surface area contributed by atoms with Gasteiger partial charge in [0.25, 0.3) is 34.1 Å². The highest BCUT2D eigenvalue weighted by Gasteiger charge is 2.67. The first-order valence-electron chi connectivity index (χ1n) is 27.9. The van der Waals surface area contributed by atoms with Crippen molar-refractivity contribution in [3.63, 3.8) is 0 Å². The van der Waals surface area contributed by atoms with Crippen molar-refractivity contribution in [3.8, 4) is 0 Å². The molecule has 11 nitrogen and oxygen atoms in total. The number of carbonyl (C=O) groups is 1. The first kappa shape index (κ1) is 59.7. The number of rotatable bonds is 22. The van der Waals surface area contributed by atoms with Gasteiger partial charge in [-0.25, -0.2) is 21.6 Å². The smallest absolute Gasteiger partial charge is 0.406 e. The lowest BCUT2D eigenvalue weighted by molar-refractivity contribution is -0.167. The minimum absolute atomic E-state index is 0.0119. The summed E-state index contributed by atoms with van der Waals surface area (Å²) in [6.07, 6.45) is 7.94. The number of amides is 1. The predicted octanol–water partition coefficient (Wildman–Crippen LogP) is 11.4. The zero-order valence-corrected chi connectivity index (χ0v) is 50.7. The van der Waals surface area contributed by atoms with Crippen LogP contribution >= 0.6 is 11.8 Å². The van der Waals surface area contributed by atoms with Gasteiger partial charge >= 0.3 is 5.51 Å². The van der Waals surface area contributed by atoms with Crippen LogP contribution in [0.4, 0.5) is 24.5 Å². The van der Waals surface area contributed by atoms with Gasteiger partial charge in [-0.1, -0.05) is 132 Å². The van der Waals surface area contributed by atoms with E-state index in [1.165, 1.54) is 56.0 Å². The fourth-order valence-electron chi connectivity index (χ4n) is 13.1. The number of hydrogen-bond acceptors (Lipinski definition) is 11. The number of alkyl halides is 3. The van der Waals surface area contributed by atoms with E-state index in [-0.39, 0.29) is 10.6 Å². The second kappa shape index (κ2) is 23.4. The highest BCUT2D eigenvalue weighted by atomic mass is 32.2. The molecule has 5 aliphatic rings. The third kappa shape index (κ3) is 13.0. The summed E-state index contributed by atoms with van der Waals surface area (Å²) in [5.41, 5.74) is -0.573. The Bertz CT molecular complexity index is 3180. The van der Waals surface area contributed by atoms with Gasteiger partial charge in [-0.15, -0.1) is 11.8 Å². The lowest BCUT2D eigenvalue weighted by atomic mass is 9.33. The Labute approximate surface area is 478 Å². The number of nitrogens with one attached hydrogen (secondary N) is 2. The molecular formula is C62H78F3N5O6S3Si. The monoisotopic (exact) mass is 1170 g/mol. The van der Waals surface area contributed by atoms with Crippen molar-refractivity contribution in [3.05, 3.63) is 150 Å². The van der Waals surface area contributed by atoms with E-state index in [2.05, 4.69) is 85.8 Å². The second-order valence-electron chi connectivity index (χ2n) is 25.0. The predicted molar refractivity (Wildman–Crippen MR) is 319 cm³/mol. The van der Waals surface area contributed by atoms with Crippen molar-refractivity contribution in [2.45, 2.75) is 118 Å². The fourth-order valence-corrected chi connectivity index (χ4v) is 20.6. The summed E-state index contributed by atoms with van der Waals surface area (Å²) in [4.78, 5) is 19.2. The average Bonchev–Trinajstić information content (AvgIpc) is 3.28. The van der Waals surface area contributed by atoms with E-state index in [1.54, 1.807) is 23.3 Å². The quantitative estimate of drug-likeness (QED) is 0.0390. The molecular weight excluding hydrogens is 1090 g/mol. The number of likely N-dealkylation sites (N-methyl/N-ethyl adjacent to an activating group) is 1. The Morgan fingerprint density at radius 2 is 1.38 bits per heavy atom. The molecule has 0 unspecified atom stereocenters. The third-order valence-electron chi connectivity index (χ3n) is 17.1. The Kier molecular flexibility index (Phi) is 17.4. The Hall–Kier alpha value is -4.95. The molecule has 1 aliphatic heterocycles. The van der Waals surface area contributed by atoms with Gasteiger partial charge in [0.15, 0.2) is 0 Å². The highest BCUT2D eigenvalue weighted by molar-refractivity contribution is 7.99. The molecule has 3 saturated carbocycles. The molecule has 80 heavy (non-hydrogen) atoms. The summed E-state index contributed by atoms with van der Waals surface area (Å²) < 4.78 is 107. The summed E-state index contributed by atoms with van der Waals surface area (Å²) in [6, 6.07) is 38.5. The van der Waals surface area contributed by atoms with Crippen molar-refractivity contribution >= 4 is 67.6 Å². The first-order valence-corrected chi connectivity index (χ1v) is 33.8. The molecule has 4 aliphatic carbocycles. The number of sulfone groups is 1. The zero-order chi connectivity index (χ0) is 57.4. The number of anilines is 2. The van der Waals surface area contributed by atoms with Crippen LogP contribution in [0.3, 0.4) is 0 Å². The Morgan fingerprint density at radius 1 is 0.787 bits per heavy atom. The Morgan fingerprint density at radius 3 is 1.94 bits per heavy atom. The SMILES string of the molecule is CN(CCO[Si](c1ccccc1)(c1ccccc1)C(C)(C)C)CC[C@H](CSc1ccccc1)Nc1ccc(S(=O)(=O)NC(=O)c2ccc(N3CCN(CC4=C(C56CC(C)(C5)C6)CC(C)(C)CC4)CC3)cc2)cc1S(=O)(=O)C(F)(F)F. The maximum absolute atomic E-state index is 14.5. The summed E-state index contributed by atoms with van der Waals surface area (Å²) in [5.74, 6) is -0.689. The number of hydrogen-bond donors (Lipinski definition) is 2. The van der Waals surface area contributed by atoms with E-state index in [1.807, 2.05) is 78.5 Å². The van der Waals surface area contributed by atoms with Crippen LogP contribution in [-0.2, 0) is 24.3 Å². The molecule has 0 spiro atoms. The van der Waals surface area contributed by atoms with Crippen LogP contribution in [0.25, 0.3) is 0 Å². The molecule has 430 valence electrons. The van der Waals surface area contributed by atoms with Gasteiger partial charge in [0.05, 0.1) is 10.6 Å². The van der Waals surface area contributed by atoms with Crippen molar-refractivity contribution in [1.29, 1.82) is 0 Å². The van der Waals surface area contributed by atoms with Crippen molar-refractivity contribution in [2.75, 3.05) is 75.4 Å². The van der Waals surface area contributed by atoms with Crippen LogP contribution in [0.15, 0.2) is 159 Å². The zero-order valence-electron chi connectivity index (χ0n) is 47.2. The number of halogens is 3. The second-order valence-corrected chi connectivity index (χ2v) is 34.0. The molecule has 2 N–H and O–H groups in total. The van der Waals surface area contributed by atoms with Crippen LogP contribution in [-0.4, -0.2) is 118 Å². The molecule has 5 aromatic carbocycles. The van der Waals surface area contributed by atoms with Gasteiger partial charge in [0, 0.05) is 73.8 Å². The largest absolute Gasteiger partial charge is 0.501 e. The van der Waals surface area contributed by atoms with Gasteiger partial charge < -0.3 is 19.5 Å². The summed E-state index contributed by atoms with van der Waals surface area (Å²) in [5, 5.41) is 5.12. The van der Waals surface area contributed by atoms with Gasteiger partial charge in [-0.3, -0.25) is 9.69 Å². The maximum atomic E-state index is 14.5. The van der Waals surface area contributed by atoms with E-state index in [0.29, 0.717) is 54.2 Å². The van der Waals surface area contributed by atoms with Crippen LogP contribution in [0.5, 0.6) is 0 Å². The summed E-state index contributed by atoms with van der Waals surface area (Å²) in [7, 11) is -11.9. The van der Waals surface area contributed by atoms with E-state index in [0.717, 1.165) is 72.2 Å². The van der Waals surface area contributed by atoms with Gasteiger partial charge in [-0.2, -0.15) is 13.2 Å². The molecule has 2 bridgehead atoms. The number of carbonyl (C=O) groups excluding carboxylic acids is 1. The van der Waals surface area contributed by atoms with Gasteiger partial charge in [0.2, 0.25) is 0 Å². The maximum Gasteiger partial charge on any atom is 0.501 e. The third-order valence-corrected chi connectivity index (χ3v) is 26.2. The minimum Gasteiger partial charge on any atom is -0.406 e. The first-order chi connectivity index (χ1) is 37.7. The molecule has 1 atom stereocenters. The molecule has 10 rings (SSSR count). The van der Waals surface area contributed by atoms with Crippen LogP contribution in [0.2, 0.25) is 5.04 Å². The van der Waals surface area contributed by atoms with E-state index in [9.17, 15) is 34.8 Å². The lowest BCUT2D eigenvalue weighted by Gasteiger charge is -2.72. The van der Waals surface area contributed by atoms with Crippen molar-refractivity contribution in [2.24, 2.45) is 16.2 Å². The highest BCUT2D eigenvalue weighted by Crippen LogP contribution is 2.77. The van der Waals surface area contributed by atoms with E-state index < -0.39 is 61.1 Å². The molecule has 1 saturated heterocycles. The number of sulfonamides is 1. The number of thioether (sulfide) groups is 1. The summed E-state index contributed by atoms with van der Waals surface area (Å²) >= 11 is 1.45. The normalized spacial score (nSPS) is 21.2. The minimum atomic E-state index is -6.12. The van der Waals surface area contributed by atoms with Crippen molar-refractivity contribution in [1.82, 2.24) is 14.5 Å². The molecule has 4 fully saturated rings. The topological polar surface area (TPSA) is 128 Å². The summed E-state index contributed by atoms with van der Waals surface area (Å²) in [6.45, 7) is 19.6. The molecule has 18 heteroatoms. The van der Waals surface area contributed by atoms with Crippen LogP contribution < -0.4 is 25.3 Å². The van der Waals surface area contributed by atoms with E-state index >= 15 is 0 Å².